The third-order valence-corrected chi connectivity index (χ3v) is 7.10. The van der Waals surface area contributed by atoms with Crippen molar-refractivity contribution >= 4 is 42.2 Å². The van der Waals surface area contributed by atoms with Crippen LogP contribution in [-0.4, -0.2) is 23.5 Å². The van der Waals surface area contributed by atoms with Gasteiger partial charge in [-0.15, -0.1) is 28.9 Å². The Bertz CT molecular complexity index is 120. The Labute approximate surface area is 84.0 Å². The summed E-state index contributed by atoms with van der Waals surface area (Å²) in [6.07, 6.45) is 0. The molecule has 0 amide bonds. The molecule has 0 radical (unpaired) electrons. The van der Waals surface area contributed by atoms with E-state index in [9.17, 15) is 0 Å². The molecule has 0 spiro atoms. The minimum absolute atomic E-state index is 0.0179. The van der Waals surface area contributed by atoms with Crippen LogP contribution in [0.1, 0.15) is 13.8 Å². The fourth-order valence-electron chi connectivity index (χ4n) is 0.834. The lowest BCUT2D eigenvalue weighted by Gasteiger charge is -1.97. The van der Waals surface area contributed by atoms with E-state index in [0.29, 0.717) is 0 Å². The highest BCUT2D eigenvalue weighted by Gasteiger charge is 1.97. The fraction of sp³-hybridized carbons (Fsp3) is 0.714. The molecular weight excluding hydrogens is 211 g/mol. The zero-order valence-corrected chi connectivity index (χ0v) is 11.6. The fourth-order valence-corrected chi connectivity index (χ4v) is 5.16. The highest BCUT2D eigenvalue weighted by Crippen LogP contribution is 2.03. The van der Waals surface area contributed by atoms with E-state index in [1.54, 1.807) is 0 Å². The van der Waals surface area contributed by atoms with E-state index >= 15 is 0 Å². The van der Waals surface area contributed by atoms with Crippen LogP contribution in [0.2, 0.25) is 12.1 Å². The van der Waals surface area contributed by atoms with Crippen molar-refractivity contribution < 1.29 is 0 Å². The van der Waals surface area contributed by atoms with E-state index in [-0.39, 0.29) is 23.5 Å². The number of hydrogen-bond donors (Lipinski definition) is 0. The Morgan fingerprint density at radius 3 is 2.45 bits per heavy atom. The van der Waals surface area contributed by atoms with Crippen molar-refractivity contribution in [2.45, 2.75) is 30.4 Å². The summed E-state index contributed by atoms with van der Waals surface area (Å²) >= 11 is 11.3. The first-order valence-corrected chi connectivity index (χ1v) is 8.55. The van der Waals surface area contributed by atoms with Gasteiger partial charge in [0, 0.05) is 9.52 Å². The van der Waals surface area contributed by atoms with Crippen molar-refractivity contribution in [1.29, 1.82) is 0 Å². The molecule has 0 saturated carbocycles. The second kappa shape index (κ2) is 7.41. The van der Waals surface area contributed by atoms with Crippen molar-refractivity contribution in [3.8, 4) is 0 Å². The van der Waals surface area contributed by atoms with E-state index in [1.807, 2.05) is 0 Å². The molecule has 0 aromatic heterocycles. The number of alkyl halides is 2. The van der Waals surface area contributed by atoms with Gasteiger partial charge in [0.2, 0.25) is 0 Å². The molecule has 11 heavy (non-hydrogen) atoms. The topological polar surface area (TPSA) is 0 Å². The molecule has 0 unspecified atom stereocenters. The average molecular weight is 227 g/mol. The van der Waals surface area contributed by atoms with Crippen LogP contribution in [0.15, 0.2) is 11.3 Å². The van der Waals surface area contributed by atoms with Gasteiger partial charge in [0.15, 0.2) is 0 Å². The summed E-state index contributed by atoms with van der Waals surface area (Å²) in [5, 5.41) is 0. The van der Waals surface area contributed by atoms with Crippen molar-refractivity contribution in [1.82, 2.24) is 0 Å². The third kappa shape index (κ3) is 10.8. The standard InChI is InChI=1S/C7H16Cl2Si2/c1-6(2)5-10-3-4-11-7(8)9/h5,7H,3-4,10-11H2,1-2H3. The van der Waals surface area contributed by atoms with Gasteiger partial charge < -0.3 is 0 Å². The van der Waals surface area contributed by atoms with Gasteiger partial charge in [0.25, 0.3) is 0 Å². The van der Waals surface area contributed by atoms with Gasteiger partial charge in [-0.25, -0.2) is 0 Å². The van der Waals surface area contributed by atoms with Crippen molar-refractivity contribution in [2.24, 2.45) is 0 Å². The molecule has 0 atom stereocenters. The normalized spacial score (nSPS) is 12.5. The van der Waals surface area contributed by atoms with E-state index < -0.39 is 0 Å². The van der Waals surface area contributed by atoms with Crippen LogP contribution in [0.5, 0.6) is 0 Å². The molecule has 0 fully saturated rings. The molecule has 0 saturated heterocycles. The zero-order valence-electron chi connectivity index (χ0n) is 7.24. The number of hydrogen-bond acceptors (Lipinski definition) is 0. The Hall–Kier alpha value is 0.754. The summed E-state index contributed by atoms with van der Waals surface area (Å²) in [6, 6.07) is 2.72. The monoisotopic (exact) mass is 226 g/mol. The molecule has 0 aliphatic carbocycles. The van der Waals surface area contributed by atoms with Gasteiger partial charge in [0.1, 0.15) is 0 Å². The van der Waals surface area contributed by atoms with Gasteiger partial charge in [0.05, 0.1) is 14.0 Å². The summed E-state index contributed by atoms with van der Waals surface area (Å²) in [5.74, 6) is 0. The Balaban J connectivity index is 3.09. The quantitative estimate of drug-likeness (QED) is 0.382. The molecule has 0 heterocycles. The molecule has 0 rings (SSSR count). The Morgan fingerprint density at radius 1 is 1.36 bits per heavy atom. The highest BCUT2D eigenvalue weighted by molar-refractivity contribution is 6.69. The van der Waals surface area contributed by atoms with Crippen LogP contribution in [0.3, 0.4) is 0 Å². The van der Waals surface area contributed by atoms with Gasteiger partial charge in [-0.1, -0.05) is 17.7 Å². The lowest BCUT2D eigenvalue weighted by atomic mass is 10.4. The third-order valence-electron chi connectivity index (χ3n) is 1.43. The first kappa shape index (κ1) is 11.8. The summed E-state index contributed by atoms with van der Waals surface area (Å²) in [7, 11) is -0.0862. The first-order valence-electron chi connectivity index (χ1n) is 4.04. The van der Waals surface area contributed by atoms with Gasteiger partial charge in [-0.05, 0) is 13.8 Å². The molecule has 0 nitrogen and oxygen atoms in total. The molecular formula is C7H16Cl2Si2. The predicted octanol–water partition coefficient (Wildman–Crippen LogP) is 1.85. The van der Waals surface area contributed by atoms with Crippen molar-refractivity contribution in [2.75, 3.05) is 0 Å². The van der Waals surface area contributed by atoms with Crippen LogP contribution in [0.25, 0.3) is 0 Å². The molecule has 0 aromatic rings. The molecule has 0 bridgehead atoms. The van der Waals surface area contributed by atoms with E-state index in [1.165, 1.54) is 17.7 Å². The second-order valence-corrected chi connectivity index (χ2v) is 9.06. The minimum Gasteiger partial charge on any atom is -0.110 e. The smallest absolute Gasteiger partial charge is 0.0907 e. The highest BCUT2D eigenvalue weighted by atomic mass is 35.5. The van der Waals surface area contributed by atoms with Crippen LogP contribution in [-0.2, 0) is 0 Å². The molecule has 0 N–H and O–H groups in total. The average Bonchev–Trinajstić information content (AvgIpc) is 1.85. The lowest BCUT2D eigenvalue weighted by molar-refractivity contribution is 1.38. The zero-order chi connectivity index (χ0) is 8.69. The maximum absolute atomic E-state index is 5.65. The summed E-state index contributed by atoms with van der Waals surface area (Å²) in [4.78, 5) is 0. The molecule has 0 aliphatic rings. The maximum Gasteiger partial charge on any atom is 0.0907 e. The van der Waals surface area contributed by atoms with E-state index in [0.717, 1.165) is 0 Å². The molecule has 66 valence electrons. The molecule has 0 aliphatic heterocycles. The van der Waals surface area contributed by atoms with Gasteiger partial charge in [-0.3, -0.25) is 0 Å². The molecule has 0 aromatic carbocycles. The number of allylic oxidation sites excluding steroid dienone is 1. The number of halogens is 2. The Morgan fingerprint density at radius 2 is 2.00 bits per heavy atom. The largest absolute Gasteiger partial charge is 0.110 e. The van der Waals surface area contributed by atoms with Crippen LogP contribution in [0, 0.1) is 0 Å². The van der Waals surface area contributed by atoms with Crippen LogP contribution < -0.4 is 0 Å². The lowest BCUT2D eigenvalue weighted by Crippen LogP contribution is -2.01. The van der Waals surface area contributed by atoms with Crippen molar-refractivity contribution in [3.05, 3.63) is 11.3 Å². The first-order chi connectivity index (χ1) is 5.13. The van der Waals surface area contributed by atoms with Crippen molar-refractivity contribution in [3.63, 3.8) is 0 Å². The maximum atomic E-state index is 5.65. The van der Waals surface area contributed by atoms with E-state index in [2.05, 4.69) is 19.5 Å². The van der Waals surface area contributed by atoms with Gasteiger partial charge >= 0.3 is 0 Å². The van der Waals surface area contributed by atoms with Crippen LogP contribution in [0.4, 0.5) is 0 Å². The summed E-state index contributed by atoms with van der Waals surface area (Å²) in [6.45, 7) is 4.33. The minimum atomic E-state index is -0.162. The Kier molecular flexibility index (Phi) is 7.91. The SMILES string of the molecule is CC(C)=C[SiH2]CC[SiH2]C(Cl)Cl. The summed E-state index contributed by atoms with van der Waals surface area (Å²) < 4.78 is -0.0179. The van der Waals surface area contributed by atoms with E-state index in [4.69, 9.17) is 23.2 Å². The second-order valence-electron chi connectivity index (χ2n) is 2.96. The number of rotatable bonds is 5. The summed E-state index contributed by atoms with van der Waals surface area (Å²) in [5.41, 5.74) is 3.87. The van der Waals surface area contributed by atoms with Crippen LogP contribution >= 0.6 is 23.2 Å². The molecule has 4 heteroatoms. The predicted molar refractivity (Wildman–Crippen MR) is 61.6 cm³/mol. The van der Waals surface area contributed by atoms with Gasteiger partial charge in [-0.2, -0.15) is 0 Å².